The molecule has 0 saturated carbocycles. The first kappa shape index (κ1) is 12.1. The molecule has 0 aliphatic carbocycles. The number of hydrogen-bond donors (Lipinski definition) is 1. The zero-order valence-corrected chi connectivity index (χ0v) is 10.9. The highest BCUT2D eigenvalue weighted by Crippen LogP contribution is 2.19. The Bertz CT molecular complexity index is 473. The number of benzene rings is 1. The van der Waals surface area contributed by atoms with Gasteiger partial charge in [0.15, 0.2) is 0 Å². The van der Waals surface area contributed by atoms with Crippen LogP contribution in [0.2, 0.25) is 0 Å². The first-order valence-electron chi connectivity index (χ1n) is 6.37. The van der Waals surface area contributed by atoms with E-state index in [4.69, 9.17) is 0 Å². The van der Waals surface area contributed by atoms with Crippen LogP contribution in [0.1, 0.15) is 33.2 Å². The van der Waals surface area contributed by atoms with E-state index >= 15 is 0 Å². The third-order valence-electron chi connectivity index (χ3n) is 3.11. The van der Waals surface area contributed by atoms with Crippen molar-refractivity contribution in [1.29, 1.82) is 0 Å². The molecule has 1 aromatic heterocycles. The zero-order valence-electron chi connectivity index (χ0n) is 10.9. The molecule has 0 aliphatic rings. The van der Waals surface area contributed by atoms with E-state index in [1.165, 1.54) is 5.52 Å². The molecule has 17 heavy (non-hydrogen) atoms. The molecule has 0 radical (unpaired) electrons. The summed E-state index contributed by atoms with van der Waals surface area (Å²) >= 11 is 0. The maximum absolute atomic E-state index is 4.45. The molecule has 92 valence electrons. The first-order valence-corrected chi connectivity index (χ1v) is 6.37. The minimum absolute atomic E-state index is 0.477. The van der Waals surface area contributed by atoms with Crippen molar-refractivity contribution < 1.29 is 0 Å². The van der Waals surface area contributed by atoms with Gasteiger partial charge in [-0.15, -0.1) is 0 Å². The van der Waals surface area contributed by atoms with E-state index in [0.29, 0.717) is 12.1 Å². The molecular formula is C14H21N3. The lowest BCUT2D eigenvalue weighted by Gasteiger charge is -2.20. The Morgan fingerprint density at radius 3 is 2.76 bits per heavy atom. The minimum Gasteiger partial charge on any atom is -0.326 e. The highest BCUT2D eigenvalue weighted by molar-refractivity contribution is 5.75. The van der Waals surface area contributed by atoms with Gasteiger partial charge in [0.1, 0.15) is 0 Å². The average molecular weight is 231 g/mol. The van der Waals surface area contributed by atoms with Gasteiger partial charge < -0.3 is 9.88 Å². The summed E-state index contributed by atoms with van der Waals surface area (Å²) in [6.45, 7) is 7.58. The van der Waals surface area contributed by atoms with Crippen LogP contribution in [0, 0.1) is 0 Å². The van der Waals surface area contributed by atoms with Gasteiger partial charge in [0.05, 0.1) is 17.4 Å². The number of imidazole rings is 1. The summed E-state index contributed by atoms with van der Waals surface area (Å²) in [6, 6.07) is 9.31. The van der Waals surface area contributed by atoms with Crippen molar-refractivity contribution in [2.75, 3.05) is 6.54 Å². The predicted octanol–water partition coefficient (Wildman–Crippen LogP) is 2.99. The summed E-state index contributed by atoms with van der Waals surface area (Å²) in [7, 11) is 0. The fourth-order valence-electron chi connectivity index (χ4n) is 2.08. The van der Waals surface area contributed by atoms with Crippen LogP contribution < -0.4 is 5.32 Å². The highest BCUT2D eigenvalue weighted by Gasteiger charge is 2.11. The normalized spacial score (nSPS) is 13.4. The second-order valence-corrected chi connectivity index (χ2v) is 4.77. The van der Waals surface area contributed by atoms with Crippen molar-refractivity contribution in [1.82, 2.24) is 14.9 Å². The fraction of sp³-hybridized carbons (Fsp3) is 0.500. The van der Waals surface area contributed by atoms with Crippen LogP contribution in [0.4, 0.5) is 0 Å². The van der Waals surface area contributed by atoms with E-state index in [1.54, 1.807) is 0 Å². The quantitative estimate of drug-likeness (QED) is 0.857. The van der Waals surface area contributed by atoms with Crippen LogP contribution in [-0.4, -0.2) is 22.1 Å². The van der Waals surface area contributed by atoms with E-state index in [9.17, 15) is 0 Å². The maximum Gasteiger partial charge on any atom is 0.0961 e. The summed E-state index contributed by atoms with van der Waals surface area (Å²) in [6.07, 6.45) is 3.07. The van der Waals surface area contributed by atoms with E-state index in [0.717, 1.165) is 18.5 Å². The van der Waals surface area contributed by atoms with E-state index in [-0.39, 0.29) is 0 Å². The second-order valence-electron chi connectivity index (χ2n) is 4.77. The molecular weight excluding hydrogens is 210 g/mol. The number of aromatic nitrogens is 2. The molecule has 1 aromatic carbocycles. The van der Waals surface area contributed by atoms with Gasteiger partial charge in [-0.3, -0.25) is 0 Å². The molecule has 1 N–H and O–H groups in total. The van der Waals surface area contributed by atoms with Gasteiger partial charge in [0, 0.05) is 18.6 Å². The van der Waals surface area contributed by atoms with Crippen LogP contribution in [0.25, 0.3) is 11.0 Å². The smallest absolute Gasteiger partial charge is 0.0961 e. The van der Waals surface area contributed by atoms with Crippen LogP contribution in [-0.2, 0) is 0 Å². The predicted molar refractivity (Wildman–Crippen MR) is 72.2 cm³/mol. The Balaban J connectivity index is 2.24. The van der Waals surface area contributed by atoms with Gasteiger partial charge in [-0.2, -0.15) is 0 Å². The lowest BCUT2D eigenvalue weighted by atomic mass is 10.2. The number of nitrogens with zero attached hydrogens (tertiary/aromatic N) is 2. The van der Waals surface area contributed by atoms with Crippen LogP contribution in [0.3, 0.4) is 0 Å². The molecule has 2 rings (SSSR count). The Labute approximate surface area is 103 Å². The number of rotatable bonds is 5. The van der Waals surface area contributed by atoms with Gasteiger partial charge in [0.2, 0.25) is 0 Å². The third-order valence-corrected chi connectivity index (χ3v) is 3.11. The van der Waals surface area contributed by atoms with Crippen LogP contribution >= 0.6 is 0 Å². The summed E-state index contributed by atoms with van der Waals surface area (Å²) in [5.74, 6) is 0. The largest absolute Gasteiger partial charge is 0.326 e. The number of nitrogens with one attached hydrogen (secondary N) is 1. The third kappa shape index (κ3) is 2.67. The van der Waals surface area contributed by atoms with Crippen molar-refractivity contribution >= 4 is 11.0 Å². The second kappa shape index (κ2) is 5.32. The molecule has 0 aliphatic heterocycles. The first-order chi connectivity index (χ1) is 8.22. The molecule has 1 atom stereocenters. The lowest BCUT2D eigenvalue weighted by molar-refractivity contribution is 0.434. The Kier molecular flexibility index (Phi) is 3.79. The standard InChI is InChI=1S/C14H21N3/c1-4-12(9-15-11(2)3)17-10-16-13-7-5-6-8-14(13)17/h5-8,10-12,15H,4,9H2,1-3H3. The van der Waals surface area contributed by atoms with Gasteiger partial charge in [-0.1, -0.05) is 32.9 Å². The number of para-hydroxylation sites is 2. The van der Waals surface area contributed by atoms with Gasteiger partial charge in [-0.25, -0.2) is 4.98 Å². The van der Waals surface area contributed by atoms with E-state index < -0.39 is 0 Å². The van der Waals surface area contributed by atoms with E-state index in [2.05, 4.69) is 53.8 Å². The van der Waals surface area contributed by atoms with Gasteiger partial charge in [-0.05, 0) is 18.6 Å². The summed E-state index contributed by atoms with van der Waals surface area (Å²) < 4.78 is 2.28. The number of fused-ring (bicyclic) bond motifs is 1. The molecule has 0 fully saturated rings. The zero-order chi connectivity index (χ0) is 12.3. The van der Waals surface area contributed by atoms with Crippen molar-refractivity contribution in [3.63, 3.8) is 0 Å². The SMILES string of the molecule is CCC(CNC(C)C)n1cnc2ccccc21. The van der Waals surface area contributed by atoms with Crippen molar-refractivity contribution in [3.05, 3.63) is 30.6 Å². The lowest BCUT2D eigenvalue weighted by Crippen LogP contribution is -2.30. The molecule has 3 heteroatoms. The summed E-state index contributed by atoms with van der Waals surface area (Å²) in [4.78, 5) is 4.45. The number of hydrogen-bond acceptors (Lipinski definition) is 2. The van der Waals surface area contributed by atoms with Crippen molar-refractivity contribution in [2.24, 2.45) is 0 Å². The topological polar surface area (TPSA) is 29.9 Å². The molecule has 1 heterocycles. The summed E-state index contributed by atoms with van der Waals surface area (Å²) in [5.41, 5.74) is 2.31. The Morgan fingerprint density at radius 1 is 1.29 bits per heavy atom. The Morgan fingerprint density at radius 2 is 2.06 bits per heavy atom. The Hall–Kier alpha value is -1.35. The van der Waals surface area contributed by atoms with Crippen LogP contribution in [0.5, 0.6) is 0 Å². The van der Waals surface area contributed by atoms with E-state index in [1.807, 2.05) is 12.4 Å². The fourth-order valence-corrected chi connectivity index (χ4v) is 2.08. The summed E-state index contributed by atoms with van der Waals surface area (Å²) in [5, 5.41) is 3.50. The molecule has 0 amide bonds. The molecule has 0 spiro atoms. The monoisotopic (exact) mass is 231 g/mol. The highest BCUT2D eigenvalue weighted by atomic mass is 15.1. The molecule has 2 aromatic rings. The maximum atomic E-state index is 4.45. The molecule has 0 bridgehead atoms. The van der Waals surface area contributed by atoms with Gasteiger partial charge in [0.25, 0.3) is 0 Å². The minimum atomic E-state index is 0.477. The molecule has 1 unspecified atom stereocenters. The van der Waals surface area contributed by atoms with Crippen molar-refractivity contribution in [2.45, 2.75) is 39.3 Å². The molecule has 0 saturated heterocycles. The molecule has 3 nitrogen and oxygen atoms in total. The average Bonchev–Trinajstić information content (AvgIpc) is 2.74. The van der Waals surface area contributed by atoms with Crippen LogP contribution in [0.15, 0.2) is 30.6 Å². The van der Waals surface area contributed by atoms with Gasteiger partial charge >= 0.3 is 0 Å². The van der Waals surface area contributed by atoms with Crippen molar-refractivity contribution in [3.8, 4) is 0 Å².